The van der Waals surface area contributed by atoms with Gasteiger partial charge in [0.2, 0.25) is 5.96 Å². The zero-order valence-electron chi connectivity index (χ0n) is 9.58. The molecule has 0 radical (unpaired) electrons. The lowest BCUT2D eigenvalue weighted by atomic mass is 10.3. The molecule has 0 saturated carbocycles. The van der Waals surface area contributed by atoms with Gasteiger partial charge in [0.1, 0.15) is 5.02 Å². The third-order valence-electron chi connectivity index (χ3n) is 1.69. The van der Waals surface area contributed by atoms with Crippen LogP contribution in [0.25, 0.3) is 0 Å². The number of ether oxygens (including phenoxy) is 1. The van der Waals surface area contributed by atoms with E-state index >= 15 is 0 Å². The Bertz CT molecular complexity index is 569. The first-order chi connectivity index (χ1) is 9.08. The van der Waals surface area contributed by atoms with E-state index in [1.54, 1.807) is 0 Å². The molecule has 1 aromatic rings. The third-order valence-corrected chi connectivity index (χ3v) is 2.48. The summed E-state index contributed by atoms with van der Waals surface area (Å²) in [6, 6.07) is 2.05. The van der Waals surface area contributed by atoms with Gasteiger partial charge in [0.15, 0.2) is 11.7 Å². The summed E-state index contributed by atoms with van der Waals surface area (Å²) in [6.45, 7) is 0. The van der Waals surface area contributed by atoms with Gasteiger partial charge in [0, 0.05) is 6.07 Å². The van der Waals surface area contributed by atoms with E-state index in [1.807, 2.05) is 0 Å². The largest absolute Gasteiger partial charge is 0.573 e. The fourth-order valence-corrected chi connectivity index (χ4v) is 1.46. The van der Waals surface area contributed by atoms with Crippen LogP contribution in [0, 0.1) is 0 Å². The number of hydrogen-bond donors (Lipinski definition) is 3. The Labute approximate surface area is 121 Å². The van der Waals surface area contributed by atoms with Gasteiger partial charge in [-0.25, -0.2) is 4.99 Å². The molecule has 0 amide bonds. The minimum Gasteiger partial charge on any atom is -0.404 e. The van der Waals surface area contributed by atoms with Crippen molar-refractivity contribution < 1.29 is 17.9 Å². The molecule has 0 aliphatic carbocycles. The van der Waals surface area contributed by atoms with Crippen LogP contribution in [0.3, 0.4) is 0 Å². The van der Waals surface area contributed by atoms with Crippen molar-refractivity contribution in [3.63, 3.8) is 0 Å². The number of rotatable bonds is 2. The Morgan fingerprint density at radius 1 is 1.15 bits per heavy atom. The Morgan fingerprint density at radius 2 is 1.75 bits per heavy atom. The molecular formula is C9H8Cl2F3N5O. The average Bonchev–Trinajstić information content (AvgIpc) is 2.21. The van der Waals surface area contributed by atoms with Crippen LogP contribution in [0.15, 0.2) is 22.1 Å². The molecule has 1 rings (SSSR count). The maximum absolute atomic E-state index is 12.2. The SMILES string of the molecule is NC(N)=NC(N)=Nc1cc(Cl)c(Cl)c(OC(F)(F)F)c1. The summed E-state index contributed by atoms with van der Waals surface area (Å²) in [7, 11) is 0. The van der Waals surface area contributed by atoms with Crippen LogP contribution in [-0.2, 0) is 0 Å². The molecule has 11 heteroatoms. The quantitative estimate of drug-likeness (QED) is 0.569. The number of aliphatic imine (C=N–C) groups is 2. The van der Waals surface area contributed by atoms with Gasteiger partial charge in [0.05, 0.1) is 10.7 Å². The van der Waals surface area contributed by atoms with Crippen molar-refractivity contribution in [2.45, 2.75) is 6.36 Å². The standard InChI is InChI=1S/C9H8Cl2F3N5O/c10-4-1-3(18-8(17)19-7(15)16)2-5(6(4)11)20-9(12,13)14/h1-2H,(H6,15,16,17,18,19). The van der Waals surface area contributed by atoms with E-state index in [4.69, 9.17) is 40.4 Å². The number of nitrogens with two attached hydrogens (primary N) is 3. The second-order valence-electron chi connectivity index (χ2n) is 3.29. The predicted molar refractivity (Wildman–Crippen MR) is 70.2 cm³/mol. The second kappa shape index (κ2) is 6.06. The van der Waals surface area contributed by atoms with Crippen molar-refractivity contribution in [3.8, 4) is 5.75 Å². The maximum atomic E-state index is 12.2. The lowest BCUT2D eigenvalue weighted by molar-refractivity contribution is -0.274. The molecule has 0 aromatic heterocycles. The van der Waals surface area contributed by atoms with Crippen LogP contribution >= 0.6 is 23.2 Å². The van der Waals surface area contributed by atoms with Crippen LogP contribution < -0.4 is 21.9 Å². The van der Waals surface area contributed by atoms with Gasteiger partial charge < -0.3 is 21.9 Å². The fourth-order valence-electron chi connectivity index (χ4n) is 1.10. The summed E-state index contributed by atoms with van der Waals surface area (Å²) in [4.78, 5) is 7.04. The number of nitrogens with zero attached hydrogens (tertiary/aromatic N) is 2. The van der Waals surface area contributed by atoms with E-state index in [9.17, 15) is 13.2 Å². The molecule has 0 fully saturated rings. The molecule has 0 unspecified atom stereocenters. The average molecular weight is 330 g/mol. The normalized spacial score (nSPS) is 12.2. The van der Waals surface area contributed by atoms with Gasteiger partial charge in [-0.2, -0.15) is 4.99 Å². The highest BCUT2D eigenvalue weighted by molar-refractivity contribution is 6.43. The Hall–Kier alpha value is -1.87. The van der Waals surface area contributed by atoms with Gasteiger partial charge in [-0.1, -0.05) is 23.2 Å². The minimum atomic E-state index is -4.93. The van der Waals surface area contributed by atoms with Crippen molar-refractivity contribution in [2.75, 3.05) is 0 Å². The Kier molecular flexibility index (Phi) is 4.90. The monoisotopic (exact) mass is 329 g/mol. The first-order valence-electron chi connectivity index (χ1n) is 4.77. The van der Waals surface area contributed by atoms with Crippen molar-refractivity contribution in [3.05, 3.63) is 22.2 Å². The molecule has 0 atom stereocenters. The van der Waals surface area contributed by atoms with Crippen molar-refractivity contribution >= 4 is 40.8 Å². The summed E-state index contributed by atoms with van der Waals surface area (Å²) in [5, 5.41) is -0.618. The van der Waals surface area contributed by atoms with Crippen molar-refractivity contribution in [2.24, 2.45) is 27.2 Å². The van der Waals surface area contributed by atoms with E-state index in [0.717, 1.165) is 6.07 Å². The van der Waals surface area contributed by atoms with E-state index < -0.39 is 17.1 Å². The van der Waals surface area contributed by atoms with Crippen LogP contribution in [0.4, 0.5) is 18.9 Å². The van der Waals surface area contributed by atoms with E-state index in [-0.39, 0.29) is 22.6 Å². The summed E-state index contributed by atoms with van der Waals surface area (Å²) < 4.78 is 40.2. The summed E-state index contributed by atoms with van der Waals surface area (Å²) in [5.74, 6) is -1.46. The molecule has 110 valence electrons. The highest BCUT2D eigenvalue weighted by Gasteiger charge is 2.32. The summed E-state index contributed by atoms with van der Waals surface area (Å²) in [6.07, 6.45) is -4.93. The smallest absolute Gasteiger partial charge is 0.404 e. The van der Waals surface area contributed by atoms with E-state index in [0.29, 0.717) is 0 Å². The highest BCUT2D eigenvalue weighted by atomic mass is 35.5. The zero-order chi connectivity index (χ0) is 15.5. The third kappa shape index (κ3) is 5.02. The van der Waals surface area contributed by atoms with E-state index in [1.165, 1.54) is 6.07 Å². The molecule has 6 nitrogen and oxygen atoms in total. The molecule has 0 saturated heterocycles. The Morgan fingerprint density at radius 3 is 2.25 bits per heavy atom. The fraction of sp³-hybridized carbons (Fsp3) is 0.111. The van der Waals surface area contributed by atoms with Crippen LogP contribution in [0.2, 0.25) is 10.0 Å². The highest BCUT2D eigenvalue weighted by Crippen LogP contribution is 2.38. The lowest BCUT2D eigenvalue weighted by Gasteiger charge is -2.11. The lowest BCUT2D eigenvalue weighted by Crippen LogP contribution is -2.26. The topological polar surface area (TPSA) is 112 Å². The summed E-state index contributed by atoms with van der Waals surface area (Å²) >= 11 is 11.3. The Balaban J connectivity index is 3.21. The molecule has 1 aromatic carbocycles. The number of alkyl halides is 3. The van der Waals surface area contributed by atoms with Gasteiger partial charge in [-0.15, -0.1) is 13.2 Å². The molecule has 6 N–H and O–H groups in total. The van der Waals surface area contributed by atoms with Crippen molar-refractivity contribution in [1.82, 2.24) is 0 Å². The first kappa shape index (κ1) is 16.2. The van der Waals surface area contributed by atoms with Crippen molar-refractivity contribution in [1.29, 1.82) is 0 Å². The van der Waals surface area contributed by atoms with E-state index in [2.05, 4.69) is 14.7 Å². The van der Waals surface area contributed by atoms with Gasteiger partial charge in [-0.3, -0.25) is 0 Å². The number of hydrogen-bond acceptors (Lipinski definition) is 2. The number of halogens is 5. The van der Waals surface area contributed by atoms with Crippen LogP contribution in [0.1, 0.15) is 0 Å². The predicted octanol–water partition coefficient (Wildman–Crippen LogP) is 2.11. The zero-order valence-corrected chi connectivity index (χ0v) is 11.1. The van der Waals surface area contributed by atoms with Gasteiger partial charge >= 0.3 is 6.36 Å². The second-order valence-corrected chi connectivity index (χ2v) is 4.08. The van der Waals surface area contributed by atoms with Gasteiger partial charge in [0.25, 0.3) is 0 Å². The van der Waals surface area contributed by atoms with Crippen LogP contribution in [0.5, 0.6) is 5.75 Å². The molecule has 0 spiro atoms. The number of benzene rings is 1. The minimum absolute atomic E-state index is 0.0684. The first-order valence-corrected chi connectivity index (χ1v) is 5.52. The van der Waals surface area contributed by atoms with Crippen LogP contribution in [-0.4, -0.2) is 18.3 Å². The molecule has 20 heavy (non-hydrogen) atoms. The summed E-state index contributed by atoms with van der Waals surface area (Å²) in [5.41, 5.74) is 15.4. The molecule has 0 aliphatic heterocycles. The molecule has 0 heterocycles. The molecule has 0 bridgehead atoms. The molecule has 0 aliphatic rings. The number of guanidine groups is 2. The molecular weight excluding hydrogens is 322 g/mol. The van der Waals surface area contributed by atoms with Gasteiger partial charge in [-0.05, 0) is 6.07 Å². The maximum Gasteiger partial charge on any atom is 0.573 e.